The van der Waals surface area contributed by atoms with Crippen LogP contribution in [-0.4, -0.2) is 6.61 Å². The molecule has 3 atom stereocenters. The molecule has 0 radical (unpaired) electrons. The lowest BCUT2D eigenvalue weighted by atomic mass is 9.77. The van der Waals surface area contributed by atoms with E-state index in [0.29, 0.717) is 23.5 Å². The van der Waals surface area contributed by atoms with Crippen molar-refractivity contribution in [2.24, 2.45) is 5.92 Å². The maximum absolute atomic E-state index is 6.49. The van der Waals surface area contributed by atoms with E-state index >= 15 is 0 Å². The summed E-state index contributed by atoms with van der Waals surface area (Å²) < 4.78 is 5.59. The van der Waals surface area contributed by atoms with Gasteiger partial charge in [0.1, 0.15) is 12.4 Å². The van der Waals surface area contributed by atoms with Gasteiger partial charge in [-0.15, -0.1) is 0 Å². The van der Waals surface area contributed by atoms with Gasteiger partial charge in [0.2, 0.25) is 0 Å². The summed E-state index contributed by atoms with van der Waals surface area (Å²) in [5.74, 6) is 1.58. The first-order valence-electron chi connectivity index (χ1n) is 8.44. The number of nitrogens with one attached hydrogen (secondary N) is 1. The monoisotopic (exact) mass is 371 g/mol. The Morgan fingerprint density at radius 1 is 1.12 bits per heavy atom. The molecule has 0 aromatic heterocycles. The number of benzene rings is 2. The highest BCUT2D eigenvalue weighted by molar-refractivity contribution is 6.36. The third-order valence-corrected chi connectivity index (χ3v) is 5.67. The Hall–Kier alpha value is -1.90. The number of allylic oxidation sites excluding steroid dienone is 2. The van der Waals surface area contributed by atoms with Crippen LogP contribution in [0.5, 0.6) is 5.75 Å². The number of rotatable bonds is 4. The Morgan fingerprint density at radius 3 is 2.64 bits per heavy atom. The van der Waals surface area contributed by atoms with Crippen LogP contribution in [0.4, 0.5) is 5.69 Å². The van der Waals surface area contributed by atoms with E-state index in [1.165, 1.54) is 5.56 Å². The zero-order valence-corrected chi connectivity index (χ0v) is 15.2. The van der Waals surface area contributed by atoms with Crippen LogP contribution in [0, 0.1) is 5.92 Å². The van der Waals surface area contributed by atoms with E-state index < -0.39 is 0 Å². The molecular formula is C21H19Cl2NO. The van der Waals surface area contributed by atoms with Crippen molar-refractivity contribution in [3.05, 3.63) is 82.4 Å². The molecule has 0 spiro atoms. The third-order valence-electron chi connectivity index (χ3n) is 5.02. The number of hydrogen-bond donors (Lipinski definition) is 1. The minimum absolute atomic E-state index is 0.192. The second kappa shape index (κ2) is 6.78. The molecule has 25 heavy (non-hydrogen) atoms. The van der Waals surface area contributed by atoms with E-state index in [2.05, 4.69) is 36.2 Å². The molecule has 2 aliphatic rings. The number of hydrogen-bond acceptors (Lipinski definition) is 2. The van der Waals surface area contributed by atoms with E-state index in [0.717, 1.165) is 28.4 Å². The van der Waals surface area contributed by atoms with Gasteiger partial charge in [-0.2, -0.15) is 0 Å². The highest BCUT2D eigenvalue weighted by atomic mass is 35.5. The molecule has 0 saturated heterocycles. The van der Waals surface area contributed by atoms with Gasteiger partial charge in [0.15, 0.2) is 0 Å². The molecule has 4 heteroatoms. The van der Waals surface area contributed by atoms with Gasteiger partial charge < -0.3 is 10.1 Å². The summed E-state index contributed by atoms with van der Waals surface area (Å²) in [6.07, 6.45) is 7.28. The van der Waals surface area contributed by atoms with E-state index in [1.807, 2.05) is 24.3 Å². The zero-order chi connectivity index (χ0) is 17.4. The molecule has 0 bridgehead atoms. The lowest BCUT2D eigenvalue weighted by molar-refractivity contribution is 0.362. The minimum Gasteiger partial charge on any atom is -0.490 e. The number of fused-ring (bicyclic) bond motifs is 3. The molecule has 1 aliphatic heterocycles. The molecular weight excluding hydrogens is 353 g/mol. The summed E-state index contributed by atoms with van der Waals surface area (Å²) in [6, 6.07) is 12.2. The highest BCUT2D eigenvalue weighted by Crippen LogP contribution is 2.53. The van der Waals surface area contributed by atoms with Gasteiger partial charge in [-0.3, -0.25) is 0 Å². The lowest BCUT2D eigenvalue weighted by Gasteiger charge is -2.38. The van der Waals surface area contributed by atoms with Gasteiger partial charge in [-0.1, -0.05) is 60.1 Å². The fourth-order valence-electron chi connectivity index (χ4n) is 3.89. The lowest BCUT2D eigenvalue weighted by Crippen LogP contribution is -2.29. The predicted molar refractivity (Wildman–Crippen MR) is 105 cm³/mol. The Labute approximate surface area is 158 Å². The molecule has 0 fully saturated rings. The minimum atomic E-state index is 0.192. The smallest absolute Gasteiger partial charge is 0.119 e. The Morgan fingerprint density at radius 2 is 1.88 bits per heavy atom. The molecule has 2 nitrogen and oxygen atoms in total. The van der Waals surface area contributed by atoms with Crippen LogP contribution >= 0.6 is 23.2 Å². The van der Waals surface area contributed by atoms with Gasteiger partial charge in [-0.05, 0) is 42.2 Å². The Bertz CT molecular complexity index is 829. The van der Waals surface area contributed by atoms with Crippen LogP contribution in [0.2, 0.25) is 10.0 Å². The first-order chi connectivity index (χ1) is 12.2. The van der Waals surface area contributed by atoms with Crippen molar-refractivity contribution in [2.45, 2.75) is 18.4 Å². The van der Waals surface area contributed by atoms with Crippen LogP contribution in [0.25, 0.3) is 0 Å². The van der Waals surface area contributed by atoms with E-state index in [9.17, 15) is 0 Å². The van der Waals surface area contributed by atoms with Crippen molar-refractivity contribution in [3.8, 4) is 5.75 Å². The summed E-state index contributed by atoms with van der Waals surface area (Å²) in [5.41, 5.74) is 3.31. The molecule has 1 aliphatic carbocycles. The van der Waals surface area contributed by atoms with Gasteiger partial charge >= 0.3 is 0 Å². The van der Waals surface area contributed by atoms with Crippen molar-refractivity contribution in [3.63, 3.8) is 0 Å². The molecule has 2 aromatic rings. The van der Waals surface area contributed by atoms with Crippen LogP contribution in [0.1, 0.15) is 29.5 Å². The third kappa shape index (κ3) is 2.94. The fourth-order valence-corrected chi connectivity index (χ4v) is 4.39. The molecule has 0 amide bonds. The molecule has 1 heterocycles. The largest absolute Gasteiger partial charge is 0.490 e. The summed E-state index contributed by atoms with van der Waals surface area (Å²) in [7, 11) is 0. The van der Waals surface area contributed by atoms with Gasteiger partial charge in [0, 0.05) is 16.5 Å². The first kappa shape index (κ1) is 16.6. The van der Waals surface area contributed by atoms with E-state index in [-0.39, 0.29) is 6.04 Å². The van der Waals surface area contributed by atoms with Gasteiger partial charge in [0.05, 0.1) is 16.8 Å². The second-order valence-electron chi connectivity index (χ2n) is 6.46. The average Bonchev–Trinajstić information content (AvgIpc) is 3.12. The van der Waals surface area contributed by atoms with Crippen LogP contribution < -0.4 is 10.1 Å². The number of halogens is 2. The maximum atomic E-state index is 6.49. The van der Waals surface area contributed by atoms with Crippen LogP contribution in [0.15, 0.2) is 61.2 Å². The molecule has 0 saturated carbocycles. The quantitative estimate of drug-likeness (QED) is 0.629. The molecule has 4 rings (SSSR count). The Balaban J connectivity index is 1.69. The van der Waals surface area contributed by atoms with Crippen molar-refractivity contribution in [1.82, 2.24) is 0 Å². The molecule has 2 aromatic carbocycles. The fraction of sp³-hybridized carbons (Fsp3) is 0.238. The standard InChI is InChI=1S/C21H19Cl2NO/c1-2-12-25-14-8-6-13(7-9-14)20-16-5-3-4-15(16)19-17(22)10-11-18(23)21(19)24-20/h2-4,6-11,15-16,20,24H,1,5,12H2/t15-,16+,20+/m1/s1. The second-order valence-corrected chi connectivity index (χ2v) is 7.28. The normalized spacial score (nSPS) is 23.5. The van der Waals surface area contributed by atoms with Crippen LogP contribution in [0.3, 0.4) is 0 Å². The first-order valence-corrected chi connectivity index (χ1v) is 9.19. The average molecular weight is 372 g/mol. The number of ether oxygens (including phenoxy) is 1. The van der Waals surface area contributed by atoms with Crippen molar-refractivity contribution < 1.29 is 4.74 Å². The maximum Gasteiger partial charge on any atom is 0.119 e. The summed E-state index contributed by atoms with van der Waals surface area (Å²) in [4.78, 5) is 0. The van der Waals surface area contributed by atoms with Gasteiger partial charge in [0.25, 0.3) is 0 Å². The highest BCUT2D eigenvalue weighted by Gasteiger charge is 2.39. The van der Waals surface area contributed by atoms with Gasteiger partial charge in [-0.25, -0.2) is 0 Å². The Kier molecular flexibility index (Phi) is 4.49. The molecule has 1 N–H and O–H groups in total. The summed E-state index contributed by atoms with van der Waals surface area (Å²) >= 11 is 13.0. The topological polar surface area (TPSA) is 21.3 Å². The summed E-state index contributed by atoms with van der Waals surface area (Å²) in [5, 5.41) is 5.14. The van der Waals surface area contributed by atoms with Crippen molar-refractivity contribution in [2.75, 3.05) is 11.9 Å². The predicted octanol–water partition coefficient (Wildman–Crippen LogP) is 6.38. The van der Waals surface area contributed by atoms with E-state index in [4.69, 9.17) is 27.9 Å². The molecule has 0 unspecified atom stereocenters. The molecule has 128 valence electrons. The summed E-state index contributed by atoms with van der Waals surface area (Å²) in [6.45, 7) is 4.19. The van der Waals surface area contributed by atoms with Crippen molar-refractivity contribution >= 4 is 28.9 Å². The van der Waals surface area contributed by atoms with Crippen LogP contribution in [-0.2, 0) is 0 Å². The van der Waals surface area contributed by atoms with Crippen molar-refractivity contribution in [1.29, 1.82) is 0 Å². The zero-order valence-electron chi connectivity index (χ0n) is 13.7. The SMILES string of the molecule is C=CCOc1ccc([C@@H]2Nc3c(Cl)ccc(Cl)c3[C@@H]3C=CC[C@@H]32)cc1. The van der Waals surface area contributed by atoms with E-state index in [1.54, 1.807) is 6.08 Å². The number of anilines is 1.